The molecule has 0 unspecified atom stereocenters. The second kappa shape index (κ2) is 3.78. The van der Waals surface area contributed by atoms with Crippen LogP contribution in [0.15, 0.2) is 12.1 Å². The number of carbonyl (C=O) groups excluding carboxylic acids is 1. The van der Waals surface area contributed by atoms with Crippen LogP contribution in [-0.4, -0.2) is 13.4 Å². The number of methoxy groups -OCH3 is 1. The fourth-order valence-corrected chi connectivity index (χ4v) is 1.40. The molecule has 0 saturated heterocycles. The van der Waals surface area contributed by atoms with Crippen molar-refractivity contribution in [2.75, 3.05) is 7.11 Å². The van der Waals surface area contributed by atoms with Gasteiger partial charge in [-0.15, -0.1) is 0 Å². The molecule has 0 aliphatic rings. The molecule has 12 heavy (non-hydrogen) atoms. The van der Waals surface area contributed by atoms with E-state index in [1.807, 2.05) is 0 Å². The second-order valence-electron chi connectivity index (χ2n) is 2.10. The summed E-state index contributed by atoms with van der Waals surface area (Å²) in [4.78, 5) is 10.4. The Bertz CT molecular complexity index is 310. The molecule has 0 N–H and O–H groups in total. The van der Waals surface area contributed by atoms with E-state index >= 15 is 0 Å². The lowest BCUT2D eigenvalue weighted by Gasteiger charge is -2.05. The first kappa shape index (κ1) is 9.36. The van der Waals surface area contributed by atoms with Gasteiger partial charge in [0.25, 0.3) is 0 Å². The summed E-state index contributed by atoms with van der Waals surface area (Å²) in [6.45, 7) is 0. The number of halogens is 2. The third kappa shape index (κ3) is 1.54. The number of hydrogen-bond acceptors (Lipinski definition) is 2. The van der Waals surface area contributed by atoms with E-state index in [9.17, 15) is 4.79 Å². The van der Waals surface area contributed by atoms with Gasteiger partial charge in [-0.3, -0.25) is 4.79 Å². The predicted molar refractivity (Wildman–Crippen MR) is 48.4 cm³/mol. The maximum Gasteiger partial charge on any atom is 0.156 e. The molecule has 0 amide bonds. The quantitative estimate of drug-likeness (QED) is 0.694. The van der Waals surface area contributed by atoms with Gasteiger partial charge < -0.3 is 4.74 Å². The molecule has 1 aromatic rings. The number of ether oxygens (including phenoxy) is 1. The summed E-state index contributed by atoms with van der Waals surface area (Å²) in [7, 11) is 1.45. The maximum atomic E-state index is 10.4. The van der Waals surface area contributed by atoms with Crippen molar-refractivity contribution in [2.24, 2.45) is 0 Å². The molecule has 0 aliphatic heterocycles. The van der Waals surface area contributed by atoms with Crippen molar-refractivity contribution < 1.29 is 9.53 Å². The van der Waals surface area contributed by atoms with E-state index in [0.29, 0.717) is 22.6 Å². The molecule has 0 saturated carbocycles. The summed E-state index contributed by atoms with van der Waals surface area (Å²) in [6.07, 6.45) is 0.654. The van der Waals surface area contributed by atoms with Crippen LogP contribution in [0, 0.1) is 0 Å². The molecule has 0 aliphatic carbocycles. The smallest absolute Gasteiger partial charge is 0.156 e. The summed E-state index contributed by atoms with van der Waals surface area (Å²) in [5, 5.41) is 0.646. The van der Waals surface area contributed by atoms with Crippen LogP contribution in [0.25, 0.3) is 0 Å². The lowest BCUT2D eigenvalue weighted by Crippen LogP contribution is -1.89. The molecule has 64 valence electrons. The Labute approximate surface area is 80.0 Å². The zero-order chi connectivity index (χ0) is 9.14. The SMILES string of the molecule is COc1c(Cl)ccc(C=O)c1Cl. The minimum Gasteiger partial charge on any atom is -0.494 e. The highest BCUT2D eigenvalue weighted by Gasteiger charge is 2.09. The summed E-state index contributed by atoms with van der Waals surface area (Å²) in [5.74, 6) is 0.336. The standard InChI is InChI=1S/C8H6Cl2O2/c1-12-8-6(9)3-2-5(4-11)7(8)10/h2-4H,1H3. The minimum absolute atomic E-state index is 0.250. The van der Waals surface area contributed by atoms with Gasteiger partial charge in [-0.1, -0.05) is 23.2 Å². The van der Waals surface area contributed by atoms with Gasteiger partial charge in [-0.2, -0.15) is 0 Å². The summed E-state index contributed by atoms with van der Waals surface area (Å²) in [5.41, 5.74) is 0.373. The topological polar surface area (TPSA) is 26.3 Å². The third-order valence-corrected chi connectivity index (χ3v) is 2.10. The summed E-state index contributed by atoms with van der Waals surface area (Å²) < 4.78 is 4.90. The first-order valence-electron chi connectivity index (χ1n) is 3.18. The molecule has 0 fully saturated rings. The van der Waals surface area contributed by atoms with E-state index < -0.39 is 0 Å². The zero-order valence-electron chi connectivity index (χ0n) is 6.30. The Balaban J connectivity index is 3.33. The van der Waals surface area contributed by atoms with Crippen LogP contribution >= 0.6 is 23.2 Å². The normalized spacial score (nSPS) is 9.58. The van der Waals surface area contributed by atoms with E-state index in [4.69, 9.17) is 27.9 Å². The number of rotatable bonds is 2. The molecule has 0 atom stereocenters. The Kier molecular flexibility index (Phi) is 2.95. The first-order valence-corrected chi connectivity index (χ1v) is 3.93. The van der Waals surface area contributed by atoms with Crippen LogP contribution in [0.5, 0.6) is 5.75 Å². The Hall–Kier alpha value is -0.730. The highest BCUT2D eigenvalue weighted by molar-refractivity contribution is 6.38. The Morgan fingerprint density at radius 1 is 1.42 bits per heavy atom. The van der Waals surface area contributed by atoms with E-state index in [1.165, 1.54) is 7.11 Å². The number of aldehydes is 1. The van der Waals surface area contributed by atoms with Crippen molar-refractivity contribution >= 4 is 29.5 Å². The molecule has 0 radical (unpaired) electrons. The summed E-state index contributed by atoms with van der Waals surface area (Å²) in [6, 6.07) is 3.11. The molecule has 4 heteroatoms. The van der Waals surface area contributed by atoms with Crippen molar-refractivity contribution in [3.63, 3.8) is 0 Å². The van der Waals surface area contributed by atoms with E-state index in [-0.39, 0.29) is 5.02 Å². The molecule has 0 bridgehead atoms. The predicted octanol–water partition coefficient (Wildman–Crippen LogP) is 2.81. The van der Waals surface area contributed by atoms with Gasteiger partial charge >= 0.3 is 0 Å². The van der Waals surface area contributed by atoms with Crippen molar-refractivity contribution in [1.29, 1.82) is 0 Å². The van der Waals surface area contributed by atoms with Gasteiger partial charge in [0.1, 0.15) is 0 Å². The van der Waals surface area contributed by atoms with Gasteiger partial charge in [0.15, 0.2) is 12.0 Å². The molecule has 0 aromatic heterocycles. The molecule has 0 heterocycles. The van der Waals surface area contributed by atoms with E-state index in [1.54, 1.807) is 12.1 Å². The largest absolute Gasteiger partial charge is 0.494 e. The van der Waals surface area contributed by atoms with Crippen molar-refractivity contribution in [2.45, 2.75) is 0 Å². The van der Waals surface area contributed by atoms with Crippen molar-refractivity contribution in [3.05, 3.63) is 27.7 Å². The number of carbonyl (C=O) groups is 1. The molecule has 1 aromatic carbocycles. The van der Waals surface area contributed by atoms with Crippen molar-refractivity contribution in [1.82, 2.24) is 0 Å². The van der Waals surface area contributed by atoms with E-state index in [2.05, 4.69) is 0 Å². The van der Waals surface area contributed by atoms with E-state index in [0.717, 1.165) is 0 Å². The average Bonchev–Trinajstić information content (AvgIpc) is 2.06. The van der Waals surface area contributed by atoms with Gasteiger partial charge in [-0.25, -0.2) is 0 Å². The van der Waals surface area contributed by atoms with Crippen LogP contribution < -0.4 is 4.74 Å². The highest BCUT2D eigenvalue weighted by atomic mass is 35.5. The van der Waals surface area contributed by atoms with Crippen LogP contribution in [0.1, 0.15) is 10.4 Å². The fourth-order valence-electron chi connectivity index (χ4n) is 0.826. The fraction of sp³-hybridized carbons (Fsp3) is 0.125. The number of benzene rings is 1. The van der Waals surface area contributed by atoms with Gasteiger partial charge in [0.05, 0.1) is 17.2 Å². The molecule has 2 nitrogen and oxygen atoms in total. The molecule has 0 spiro atoms. The summed E-state index contributed by atoms with van der Waals surface area (Å²) >= 11 is 11.5. The minimum atomic E-state index is 0.250. The zero-order valence-corrected chi connectivity index (χ0v) is 7.82. The lowest BCUT2D eigenvalue weighted by molar-refractivity contribution is 0.112. The second-order valence-corrected chi connectivity index (χ2v) is 2.89. The van der Waals surface area contributed by atoms with Crippen LogP contribution in [0.4, 0.5) is 0 Å². The highest BCUT2D eigenvalue weighted by Crippen LogP contribution is 2.34. The Morgan fingerprint density at radius 2 is 2.08 bits per heavy atom. The van der Waals surface area contributed by atoms with Crippen molar-refractivity contribution in [3.8, 4) is 5.75 Å². The molecular weight excluding hydrogens is 199 g/mol. The lowest BCUT2D eigenvalue weighted by atomic mass is 10.2. The molecular formula is C8H6Cl2O2. The van der Waals surface area contributed by atoms with Gasteiger partial charge in [0.2, 0.25) is 0 Å². The monoisotopic (exact) mass is 204 g/mol. The van der Waals surface area contributed by atoms with Crippen LogP contribution in [0.2, 0.25) is 10.0 Å². The molecule has 1 rings (SSSR count). The first-order chi connectivity index (χ1) is 5.70. The van der Waals surface area contributed by atoms with Gasteiger partial charge in [-0.05, 0) is 12.1 Å². The van der Waals surface area contributed by atoms with Crippen LogP contribution in [-0.2, 0) is 0 Å². The van der Waals surface area contributed by atoms with Gasteiger partial charge in [0, 0.05) is 5.56 Å². The third-order valence-electron chi connectivity index (χ3n) is 1.41. The Morgan fingerprint density at radius 3 is 2.58 bits per heavy atom. The number of hydrogen-bond donors (Lipinski definition) is 0. The van der Waals surface area contributed by atoms with Crippen LogP contribution in [0.3, 0.4) is 0 Å². The average molecular weight is 205 g/mol. The maximum absolute atomic E-state index is 10.4.